The quantitative estimate of drug-likeness (QED) is 0.594. The van der Waals surface area contributed by atoms with Crippen molar-refractivity contribution < 1.29 is 9.18 Å². The van der Waals surface area contributed by atoms with E-state index < -0.39 is 0 Å². The molecule has 4 nitrogen and oxygen atoms in total. The molecule has 0 fully saturated rings. The molecule has 0 radical (unpaired) electrons. The van der Waals surface area contributed by atoms with E-state index in [0.29, 0.717) is 12.8 Å². The van der Waals surface area contributed by atoms with Crippen molar-refractivity contribution in [1.29, 1.82) is 0 Å². The summed E-state index contributed by atoms with van der Waals surface area (Å²) >= 11 is 0. The molecule has 0 aliphatic heterocycles. The number of imidazole rings is 1. The largest absolute Gasteiger partial charge is 0.352 e. The van der Waals surface area contributed by atoms with Gasteiger partial charge >= 0.3 is 0 Å². The van der Waals surface area contributed by atoms with Crippen LogP contribution >= 0.6 is 0 Å². The van der Waals surface area contributed by atoms with Gasteiger partial charge in [-0.25, -0.2) is 9.37 Å². The number of aryl methyl sites for hydroxylation is 2. The molecule has 1 aromatic heterocycles. The average Bonchev–Trinajstić information content (AvgIpc) is 3.01. The lowest BCUT2D eigenvalue weighted by atomic mass is 10.1. The molecule has 2 aromatic carbocycles. The average molecular weight is 396 g/mol. The third-order valence-corrected chi connectivity index (χ3v) is 5.66. The number of carbonyl (C=O) groups is 1. The number of nitrogens with one attached hydrogen (secondary N) is 1. The van der Waals surface area contributed by atoms with E-state index in [1.54, 1.807) is 12.1 Å². The van der Waals surface area contributed by atoms with Crippen molar-refractivity contribution in [2.75, 3.05) is 0 Å². The number of amides is 1. The van der Waals surface area contributed by atoms with Crippen molar-refractivity contribution in [2.45, 2.75) is 66.0 Å². The van der Waals surface area contributed by atoms with Crippen LogP contribution in [0.2, 0.25) is 0 Å². The molecule has 0 aliphatic carbocycles. The van der Waals surface area contributed by atoms with Crippen molar-refractivity contribution >= 4 is 16.9 Å². The zero-order valence-corrected chi connectivity index (χ0v) is 17.9. The van der Waals surface area contributed by atoms with E-state index in [2.05, 4.69) is 42.8 Å². The topological polar surface area (TPSA) is 46.9 Å². The second-order valence-electron chi connectivity index (χ2n) is 7.87. The fourth-order valence-corrected chi connectivity index (χ4v) is 3.58. The Labute approximate surface area is 172 Å². The summed E-state index contributed by atoms with van der Waals surface area (Å²) in [4.78, 5) is 17.9. The number of hydrogen-bond acceptors (Lipinski definition) is 2. The maximum Gasteiger partial charge on any atom is 0.243 e. The van der Waals surface area contributed by atoms with Crippen LogP contribution in [0, 0.1) is 19.7 Å². The molecule has 2 atom stereocenters. The van der Waals surface area contributed by atoms with E-state index in [1.165, 1.54) is 23.3 Å². The first-order valence-electron chi connectivity index (χ1n) is 10.4. The lowest BCUT2D eigenvalue weighted by Crippen LogP contribution is -2.38. The van der Waals surface area contributed by atoms with Gasteiger partial charge in [-0.15, -0.1) is 0 Å². The van der Waals surface area contributed by atoms with Crippen LogP contribution in [0.5, 0.6) is 0 Å². The minimum atomic E-state index is -0.341. The van der Waals surface area contributed by atoms with E-state index in [9.17, 15) is 9.18 Å². The number of halogens is 1. The molecule has 154 valence electrons. The monoisotopic (exact) mass is 395 g/mol. The van der Waals surface area contributed by atoms with Gasteiger partial charge in [-0.2, -0.15) is 0 Å². The molecule has 3 rings (SSSR count). The summed E-state index contributed by atoms with van der Waals surface area (Å²) in [5, 5.41) is 3.12. The summed E-state index contributed by atoms with van der Waals surface area (Å²) in [6.07, 6.45) is 2.09. The Morgan fingerprint density at radius 1 is 1.10 bits per heavy atom. The molecule has 3 aromatic rings. The zero-order chi connectivity index (χ0) is 21.1. The molecule has 5 heteroatoms. The van der Waals surface area contributed by atoms with Crippen LogP contribution in [0.3, 0.4) is 0 Å². The number of nitrogens with zero attached hydrogens (tertiary/aromatic N) is 2. The van der Waals surface area contributed by atoms with Crippen LogP contribution in [0.4, 0.5) is 4.39 Å². The third kappa shape index (κ3) is 4.50. The molecule has 0 bridgehead atoms. The van der Waals surface area contributed by atoms with E-state index in [1.807, 2.05) is 13.8 Å². The van der Waals surface area contributed by atoms with Crippen LogP contribution in [0.25, 0.3) is 11.0 Å². The maximum absolute atomic E-state index is 13.3. The second-order valence-corrected chi connectivity index (χ2v) is 7.87. The normalized spacial score (nSPS) is 13.4. The summed E-state index contributed by atoms with van der Waals surface area (Å²) in [7, 11) is 0. The maximum atomic E-state index is 13.3. The molecule has 0 unspecified atom stereocenters. The van der Waals surface area contributed by atoms with E-state index in [-0.39, 0.29) is 23.8 Å². The Kier molecular flexibility index (Phi) is 6.36. The minimum Gasteiger partial charge on any atom is -0.352 e. The molecule has 0 saturated carbocycles. The number of benzene rings is 2. The van der Waals surface area contributed by atoms with Gasteiger partial charge in [0, 0.05) is 12.5 Å². The van der Waals surface area contributed by atoms with Gasteiger partial charge in [0.05, 0.1) is 11.0 Å². The fraction of sp³-hybridized carbons (Fsp3) is 0.417. The Bertz CT molecular complexity index is 1010. The fourth-order valence-electron chi connectivity index (χ4n) is 3.58. The summed E-state index contributed by atoms with van der Waals surface area (Å²) in [6.45, 7) is 10.2. The highest BCUT2D eigenvalue weighted by atomic mass is 19.1. The van der Waals surface area contributed by atoms with Crippen LogP contribution in [0.1, 0.15) is 62.2 Å². The van der Waals surface area contributed by atoms with Gasteiger partial charge in [-0.1, -0.05) is 26.0 Å². The number of aromatic nitrogens is 2. The predicted molar refractivity (Wildman–Crippen MR) is 116 cm³/mol. The molecule has 0 saturated heterocycles. The van der Waals surface area contributed by atoms with E-state index >= 15 is 0 Å². The molecule has 1 N–H and O–H groups in total. The molecule has 1 heterocycles. The van der Waals surface area contributed by atoms with Crippen molar-refractivity contribution in [3.05, 3.63) is 64.7 Å². The van der Waals surface area contributed by atoms with Gasteiger partial charge in [-0.05, 0) is 74.6 Å². The number of hydrogen-bond donors (Lipinski definition) is 1. The molecule has 0 spiro atoms. The number of rotatable bonds is 7. The van der Waals surface area contributed by atoms with Gasteiger partial charge in [0.15, 0.2) is 0 Å². The number of carbonyl (C=O) groups excluding carboxylic acids is 1. The smallest absolute Gasteiger partial charge is 0.243 e. The Morgan fingerprint density at radius 2 is 1.76 bits per heavy atom. The summed E-state index contributed by atoms with van der Waals surface area (Å²) in [5.41, 5.74) is 5.17. The van der Waals surface area contributed by atoms with Gasteiger partial charge in [0.1, 0.15) is 17.7 Å². The van der Waals surface area contributed by atoms with Crippen molar-refractivity contribution in [3.8, 4) is 0 Å². The first-order chi connectivity index (χ1) is 13.8. The highest BCUT2D eigenvalue weighted by Crippen LogP contribution is 2.28. The van der Waals surface area contributed by atoms with Gasteiger partial charge in [0.2, 0.25) is 5.91 Å². The standard InChI is InChI=1S/C24H30FN3O/c1-6-17(5)26-24(29)21(7-2)28-22-13-16(4)15(3)12-20(22)27-23(28)14-18-8-10-19(25)11-9-18/h8-13,17,21H,6-7,14H2,1-5H3,(H,26,29)/t17-,21-/m0/s1. The lowest BCUT2D eigenvalue weighted by molar-refractivity contribution is -0.125. The summed E-state index contributed by atoms with van der Waals surface area (Å²) in [6, 6.07) is 10.4. The zero-order valence-electron chi connectivity index (χ0n) is 17.9. The Hall–Kier alpha value is -2.69. The first kappa shape index (κ1) is 21.0. The van der Waals surface area contributed by atoms with E-state index in [0.717, 1.165) is 28.8 Å². The molecule has 0 aliphatic rings. The molecule has 1 amide bonds. The highest BCUT2D eigenvalue weighted by Gasteiger charge is 2.25. The van der Waals surface area contributed by atoms with Crippen LogP contribution in [-0.2, 0) is 11.2 Å². The Balaban J connectivity index is 2.11. The highest BCUT2D eigenvalue weighted by molar-refractivity contribution is 5.85. The van der Waals surface area contributed by atoms with Crippen molar-refractivity contribution in [3.63, 3.8) is 0 Å². The second kappa shape index (κ2) is 8.76. The van der Waals surface area contributed by atoms with Crippen molar-refractivity contribution in [2.24, 2.45) is 0 Å². The predicted octanol–water partition coefficient (Wildman–Crippen LogP) is 5.25. The minimum absolute atomic E-state index is 0.0136. The molecular weight excluding hydrogens is 365 g/mol. The lowest BCUT2D eigenvalue weighted by Gasteiger charge is -2.22. The van der Waals surface area contributed by atoms with Crippen molar-refractivity contribution in [1.82, 2.24) is 14.9 Å². The van der Waals surface area contributed by atoms with Gasteiger partial charge in [0.25, 0.3) is 0 Å². The SMILES string of the molecule is CC[C@H](C)NC(=O)[C@H](CC)n1c(Cc2ccc(F)cc2)nc2cc(C)c(C)cc21. The first-order valence-corrected chi connectivity index (χ1v) is 10.4. The molecule has 29 heavy (non-hydrogen) atoms. The van der Waals surface area contributed by atoms with Gasteiger partial charge in [-0.3, -0.25) is 4.79 Å². The third-order valence-electron chi connectivity index (χ3n) is 5.66. The Morgan fingerprint density at radius 3 is 2.38 bits per heavy atom. The van der Waals surface area contributed by atoms with Gasteiger partial charge < -0.3 is 9.88 Å². The van der Waals surface area contributed by atoms with E-state index in [4.69, 9.17) is 4.98 Å². The van der Waals surface area contributed by atoms with Crippen LogP contribution in [-0.4, -0.2) is 21.5 Å². The van der Waals surface area contributed by atoms with Crippen LogP contribution < -0.4 is 5.32 Å². The van der Waals surface area contributed by atoms with Crippen LogP contribution in [0.15, 0.2) is 36.4 Å². The summed E-state index contributed by atoms with van der Waals surface area (Å²) < 4.78 is 15.4. The summed E-state index contributed by atoms with van der Waals surface area (Å²) in [5.74, 6) is 0.579. The molecular formula is C24H30FN3O. The number of fused-ring (bicyclic) bond motifs is 1.